The minimum Gasteiger partial charge on any atom is -0.491 e. The van der Waals surface area contributed by atoms with Gasteiger partial charge in [-0.3, -0.25) is 9.59 Å². The molecule has 192 valence electrons. The van der Waals surface area contributed by atoms with Gasteiger partial charge in [-0.25, -0.2) is 8.42 Å². The molecule has 0 saturated carbocycles. The van der Waals surface area contributed by atoms with Gasteiger partial charge in [0.15, 0.2) is 0 Å². The van der Waals surface area contributed by atoms with Crippen LogP contribution in [0.5, 0.6) is 11.5 Å². The number of esters is 2. The molecule has 0 aliphatic rings. The fourth-order valence-electron chi connectivity index (χ4n) is 2.73. The van der Waals surface area contributed by atoms with E-state index in [0.29, 0.717) is 29.4 Å². The first kappa shape index (κ1) is 30.1. The molecule has 2 aromatic rings. The predicted octanol–water partition coefficient (Wildman–Crippen LogP) is 6.23. The lowest BCUT2D eigenvalue weighted by atomic mass is 10.3. The quantitative estimate of drug-likeness (QED) is 0.234. The number of ether oxygens (including phenoxy) is 4. The monoisotopic (exact) mass is 762 g/mol. The number of halogens is 4. The highest BCUT2D eigenvalue weighted by molar-refractivity contribution is 9.11. The molecule has 0 fully saturated rings. The minimum absolute atomic E-state index is 0.0174. The van der Waals surface area contributed by atoms with E-state index in [1.54, 1.807) is 13.8 Å². The van der Waals surface area contributed by atoms with Gasteiger partial charge in [0, 0.05) is 0 Å². The Bertz CT molecular complexity index is 1050. The van der Waals surface area contributed by atoms with Crippen molar-refractivity contribution >= 4 is 85.5 Å². The highest BCUT2D eigenvalue weighted by Crippen LogP contribution is 2.40. The Morgan fingerprint density at radius 2 is 1.00 bits per heavy atom. The third-order valence-corrected chi connectivity index (χ3v) is 8.35. The van der Waals surface area contributed by atoms with Crippen LogP contribution in [0.3, 0.4) is 0 Å². The number of hydrogen-bond acceptors (Lipinski definition) is 8. The summed E-state index contributed by atoms with van der Waals surface area (Å²) in [6.45, 7) is 4.14. The Kier molecular flexibility index (Phi) is 12.0. The topological polar surface area (TPSA) is 105 Å². The van der Waals surface area contributed by atoms with E-state index in [-0.39, 0.29) is 61.0 Å². The summed E-state index contributed by atoms with van der Waals surface area (Å²) in [4.78, 5) is 23.0. The number of hydrogen-bond donors (Lipinski definition) is 0. The lowest BCUT2D eigenvalue weighted by Crippen LogP contribution is -2.10. The molecular weight excluding hydrogens is 744 g/mol. The van der Waals surface area contributed by atoms with Crippen LogP contribution < -0.4 is 9.47 Å². The van der Waals surface area contributed by atoms with Gasteiger partial charge in [0.05, 0.1) is 67.0 Å². The predicted molar refractivity (Wildman–Crippen MR) is 143 cm³/mol. The summed E-state index contributed by atoms with van der Waals surface area (Å²) < 4.78 is 49.2. The van der Waals surface area contributed by atoms with Crippen LogP contribution in [0.15, 0.2) is 51.9 Å². The van der Waals surface area contributed by atoms with E-state index >= 15 is 0 Å². The van der Waals surface area contributed by atoms with Gasteiger partial charge in [-0.1, -0.05) is 0 Å². The van der Waals surface area contributed by atoms with Gasteiger partial charge in [0.25, 0.3) is 0 Å². The van der Waals surface area contributed by atoms with Crippen molar-refractivity contribution in [2.24, 2.45) is 0 Å². The van der Waals surface area contributed by atoms with Gasteiger partial charge in [0.1, 0.15) is 11.5 Å². The molecule has 13 heteroatoms. The summed E-state index contributed by atoms with van der Waals surface area (Å²) in [5.74, 6) is -0.0475. The molecule has 0 N–H and O–H groups in total. The molecule has 0 aromatic heterocycles. The van der Waals surface area contributed by atoms with Crippen molar-refractivity contribution < 1.29 is 37.0 Å². The van der Waals surface area contributed by atoms with Gasteiger partial charge in [0.2, 0.25) is 9.84 Å². The van der Waals surface area contributed by atoms with E-state index in [0.717, 1.165) is 0 Å². The van der Waals surface area contributed by atoms with E-state index < -0.39 is 9.84 Å². The van der Waals surface area contributed by atoms with Gasteiger partial charge < -0.3 is 18.9 Å². The number of benzene rings is 2. The molecule has 0 atom stereocenters. The molecule has 2 rings (SSSR count). The second kappa shape index (κ2) is 14.0. The molecule has 0 bridgehead atoms. The van der Waals surface area contributed by atoms with Crippen LogP contribution in [0.25, 0.3) is 0 Å². The highest BCUT2D eigenvalue weighted by atomic mass is 79.9. The number of rotatable bonds is 12. The summed E-state index contributed by atoms with van der Waals surface area (Å²) in [6, 6.07) is 5.69. The van der Waals surface area contributed by atoms with Crippen molar-refractivity contribution in [3.63, 3.8) is 0 Å². The minimum atomic E-state index is -3.92. The molecule has 0 saturated heterocycles. The third-order valence-electron chi connectivity index (χ3n) is 4.28. The van der Waals surface area contributed by atoms with Crippen molar-refractivity contribution in [3.05, 3.63) is 42.2 Å². The number of carbonyl (C=O) groups is 2. The van der Waals surface area contributed by atoms with E-state index in [9.17, 15) is 18.0 Å². The second-order valence-electron chi connectivity index (χ2n) is 6.74. The molecule has 2 aromatic carbocycles. The van der Waals surface area contributed by atoms with Gasteiger partial charge in [-0.2, -0.15) is 0 Å². The van der Waals surface area contributed by atoms with Crippen molar-refractivity contribution in [1.29, 1.82) is 0 Å². The van der Waals surface area contributed by atoms with Gasteiger partial charge in [-0.05, 0) is 102 Å². The molecule has 0 aliphatic carbocycles. The lowest BCUT2D eigenvalue weighted by molar-refractivity contribution is -0.144. The molecule has 35 heavy (non-hydrogen) atoms. The molecule has 0 spiro atoms. The Morgan fingerprint density at radius 3 is 1.29 bits per heavy atom. The Balaban J connectivity index is 2.22. The number of sulfone groups is 1. The highest BCUT2D eigenvalue weighted by Gasteiger charge is 2.24. The number of carbonyl (C=O) groups excluding carboxylic acids is 2. The van der Waals surface area contributed by atoms with Gasteiger partial charge in [-0.15, -0.1) is 0 Å². The molecule has 0 unspecified atom stereocenters. The molecule has 0 heterocycles. The molecule has 0 radical (unpaired) electrons. The smallest absolute Gasteiger partial charge is 0.309 e. The summed E-state index contributed by atoms with van der Waals surface area (Å²) in [7, 11) is -3.92. The van der Waals surface area contributed by atoms with Crippen molar-refractivity contribution in [2.75, 3.05) is 26.4 Å². The van der Waals surface area contributed by atoms with Crippen LogP contribution in [0, 0.1) is 0 Å². The zero-order valence-electron chi connectivity index (χ0n) is 18.7. The van der Waals surface area contributed by atoms with E-state index in [1.807, 2.05) is 0 Å². The van der Waals surface area contributed by atoms with Crippen molar-refractivity contribution in [1.82, 2.24) is 0 Å². The normalized spacial score (nSPS) is 11.1. The largest absolute Gasteiger partial charge is 0.491 e. The van der Waals surface area contributed by atoms with Crippen LogP contribution in [-0.2, 0) is 28.9 Å². The summed E-state index contributed by atoms with van der Waals surface area (Å²) in [5, 5.41) is 0. The molecule has 0 aliphatic heterocycles. The van der Waals surface area contributed by atoms with E-state index in [1.165, 1.54) is 24.3 Å². The Labute approximate surface area is 237 Å². The summed E-state index contributed by atoms with van der Waals surface area (Å²) in [5.41, 5.74) is 0. The SMILES string of the molecule is CCOC(=O)CCOc1c(Br)cc(S(=O)(=O)c2cc(Br)c(OCCC(=O)OCC)c(Br)c2)cc1Br. The first-order valence-electron chi connectivity index (χ1n) is 10.3. The Hall–Kier alpha value is -1.15. The maximum atomic E-state index is 13.3. The molecule has 8 nitrogen and oxygen atoms in total. The third kappa shape index (κ3) is 8.44. The first-order valence-corrected chi connectivity index (χ1v) is 15.0. The average Bonchev–Trinajstić information content (AvgIpc) is 2.77. The maximum Gasteiger partial charge on any atom is 0.309 e. The van der Waals surface area contributed by atoms with Crippen molar-refractivity contribution in [2.45, 2.75) is 36.5 Å². The molecule has 0 amide bonds. The van der Waals surface area contributed by atoms with Gasteiger partial charge >= 0.3 is 11.9 Å². The van der Waals surface area contributed by atoms with Crippen LogP contribution in [-0.4, -0.2) is 46.8 Å². The lowest BCUT2D eigenvalue weighted by Gasteiger charge is -2.14. The fraction of sp³-hybridized carbons (Fsp3) is 0.364. The summed E-state index contributed by atoms with van der Waals surface area (Å²) >= 11 is 13.4. The zero-order valence-corrected chi connectivity index (χ0v) is 25.9. The standard InChI is InChI=1S/C22H22Br4O8S/c1-3-31-19(27)5-7-33-21-15(23)9-13(10-16(21)24)35(29,30)14-11-17(25)22(18(26)12-14)34-8-6-20(28)32-4-2/h9-12H,3-8H2,1-2H3. The van der Waals surface area contributed by atoms with Crippen LogP contribution in [0.2, 0.25) is 0 Å². The van der Waals surface area contributed by atoms with Crippen LogP contribution in [0.1, 0.15) is 26.7 Å². The van der Waals surface area contributed by atoms with E-state index in [4.69, 9.17) is 18.9 Å². The van der Waals surface area contributed by atoms with Crippen LogP contribution in [0.4, 0.5) is 0 Å². The first-order chi connectivity index (χ1) is 16.5. The van der Waals surface area contributed by atoms with E-state index in [2.05, 4.69) is 63.7 Å². The average molecular weight is 766 g/mol. The zero-order chi connectivity index (χ0) is 26.2. The maximum absolute atomic E-state index is 13.3. The fourth-order valence-corrected chi connectivity index (χ4v) is 7.54. The molecular formula is C22H22Br4O8S. The second-order valence-corrected chi connectivity index (χ2v) is 12.1. The van der Waals surface area contributed by atoms with Crippen LogP contribution >= 0.6 is 63.7 Å². The Morgan fingerprint density at radius 1 is 0.686 bits per heavy atom. The van der Waals surface area contributed by atoms with Crippen molar-refractivity contribution in [3.8, 4) is 11.5 Å². The summed E-state index contributed by atoms with van der Waals surface area (Å²) in [6.07, 6.45) is 0.117.